The van der Waals surface area contributed by atoms with Gasteiger partial charge < -0.3 is 23.8 Å². The molecule has 2 aromatic rings. The maximum Gasteiger partial charge on any atom is 0.231 e. The number of hydrogen-bond donors (Lipinski definition) is 0. The van der Waals surface area contributed by atoms with Crippen LogP contribution in [-0.2, 0) is 0 Å². The summed E-state index contributed by atoms with van der Waals surface area (Å²) in [5, 5.41) is 0. The zero-order chi connectivity index (χ0) is 18.4. The molecule has 140 valence electrons. The van der Waals surface area contributed by atoms with Gasteiger partial charge in [-0.3, -0.25) is 4.99 Å². The zero-order valence-corrected chi connectivity index (χ0v) is 15.5. The van der Waals surface area contributed by atoms with Crippen LogP contribution in [0.4, 0.5) is 5.69 Å². The Morgan fingerprint density at radius 3 is 2.33 bits per heavy atom. The molecule has 0 saturated carbocycles. The van der Waals surface area contributed by atoms with E-state index in [0.29, 0.717) is 6.04 Å². The predicted octanol–water partition coefficient (Wildman–Crippen LogP) is 4.27. The van der Waals surface area contributed by atoms with E-state index in [1.54, 1.807) is 0 Å². The number of hydrogen-bond acceptors (Lipinski definition) is 6. The molecule has 0 aromatic heterocycles. The third-order valence-corrected chi connectivity index (χ3v) is 5.48. The van der Waals surface area contributed by atoms with Gasteiger partial charge in [-0.15, -0.1) is 0 Å². The summed E-state index contributed by atoms with van der Waals surface area (Å²) >= 11 is 0. The van der Waals surface area contributed by atoms with E-state index >= 15 is 0 Å². The van der Waals surface area contributed by atoms with Crippen LogP contribution >= 0.6 is 0 Å². The molecule has 3 heterocycles. The fraction of sp³-hybridized carbons (Fsp3) is 0.381. The summed E-state index contributed by atoms with van der Waals surface area (Å²) in [4.78, 5) is 7.16. The Hall–Kier alpha value is -2.89. The second kappa shape index (κ2) is 6.37. The Bertz CT molecular complexity index is 907. The van der Waals surface area contributed by atoms with E-state index in [2.05, 4.69) is 36.9 Å². The average molecular weight is 366 g/mol. The molecule has 27 heavy (non-hydrogen) atoms. The zero-order valence-electron chi connectivity index (χ0n) is 15.5. The lowest BCUT2D eigenvalue weighted by molar-refractivity contribution is 0.173. The van der Waals surface area contributed by atoms with Gasteiger partial charge in [0.15, 0.2) is 23.0 Å². The highest BCUT2D eigenvalue weighted by atomic mass is 16.7. The number of benzene rings is 2. The molecular weight excluding hydrogens is 344 g/mol. The summed E-state index contributed by atoms with van der Waals surface area (Å²) in [7, 11) is 0. The van der Waals surface area contributed by atoms with E-state index in [0.717, 1.165) is 52.7 Å². The van der Waals surface area contributed by atoms with Gasteiger partial charge in [0.1, 0.15) is 6.04 Å². The van der Waals surface area contributed by atoms with Gasteiger partial charge in [0, 0.05) is 17.7 Å². The minimum atomic E-state index is -0.116. The second-order valence-corrected chi connectivity index (χ2v) is 6.92. The first-order chi connectivity index (χ1) is 13.3. The van der Waals surface area contributed by atoms with Crippen LogP contribution in [0, 0.1) is 0 Å². The van der Waals surface area contributed by atoms with E-state index in [4.69, 9.17) is 23.9 Å². The molecule has 0 aliphatic carbocycles. The third-order valence-electron chi connectivity index (χ3n) is 5.48. The second-order valence-electron chi connectivity index (χ2n) is 6.92. The van der Waals surface area contributed by atoms with Crippen LogP contribution in [0.1, 0.15) is 43.9 Å². The van der Waals surface area contributed by atoms with Crippen LogP contribution in [0.15, 0.2) is 35.3 Å². The van der Waals surface area contributed by atoms with E-state index < -0.39 is 0 Å². The summed E-state index contributed by atoms with van der Waals surface area (Å²) in [5.41, 5.74) is 3.32. The van der Waals surface area contributed by atoms with Crippen molar-refractivity contribution >= 4 is 12.0 Å². The minimum Gasteiger partial charge on any atom is -0.454 e. The van der Waals surface area contributed by atoms with Crippen LogP contribution in [-0.4, -0.2) is 26.0 Å². The van der Waals surface area contributed by atoms with Crippen molar-refractivity contribution < 1.29 is 18.9 Å². The Labute approximate surface area is 158 Å². The molecule has 3 aliphatic rings. The number of rotatable bonds is 4. The fourth-order valence-corrected chi connectivity index (χ4v) is 3.99. The SMILES string of the molecule is CCC(CC)N1C=NC(c2ccc3c(c2)OCO3)c2cc3c(cc21)OCO3. The largest absolute Gasteiger partial charge is 0.454 e. The van der Waals surface area contributed by atoms with Crippen molar-refractivity contribution in [2.24, 2.45) is 4.99 Å². The summed E-state index contributed by atoms with van der Waals surface area (Å²) < 4.78 is 22.3. The molecule has 0 amide bonds. The molecule has 0 saturated heterocycles. The van der Waals surface area contributed by atoms with Crippen LogP contribution in [0.25, 0.3) is 0 Å². The number of fused-ring (bicyclic) bond motifs is 3. The highest BCUT2D eigenvalue weighted by molar-refractivity contribution is 5.86. The summed E-state index contributed by atoms with van der Waals surface area (Å²) in [6.45, 7) is 4.94. The predicted molar refractivity (Wildman–Crippen MR) is 102 cm³/mol. The Kier molecular flexibility index (Phi) is 3.85. The van der Waals surface area contributed by atoms with Crippen molar-refractivity contribution in [2.75, 3.05) is 18.5 Å². The van der Waals surface area contributed by atoms with Gasteiger partial charge in [-0.25, -0.2) is 0 Å². The molecule has 0 N–H and O–H groups in total. The van der Waals surface area contributed by atoms with E-state index in [1.807, 2.05) is 18.5 Å². The molecule has 0 fully saturated rings. The van der Waals surface area contributed by atoms with Gasteiger partial charge >= 0.3 is 0 Å². The maximum absolute atomic E-state index is 5.63. The van der Waals surface area contributed by atoms with Gasteiger partial charge in [-0.2, -0.15) is 0 Å². The smallest absolute Gasteiger partial charge is 0.231 e. The molecule has 5 rings (SSSR count). The molecule has 2 aromatic carbocycles. The molecule has 6 heteroatoms. The first-order valence-electron chi connectivity index (χ1n) is 9.43. The summed E-state index contributed by atoms with van der Waals surface area (Å²) in [5.74, 6) is 3.13. The van der Waals surface area contributed by atoms with Crippen molar-refractivity contribution in [1.29, 1.82) is 0 Å². The molecule has 1 atom stereocenters. The molecule has 0 radical (unpaired) electrons. The van der Waals surface area contributed by atoms with Gasteiger partial charge in [-0.1, -0.05) is 19.9 Å². The number of nitrogens with zero attached hydrogens (tertiary/aromatic N) is 2. The van der Waals surface area contributed by atoms with Gasteiger partial charge in [-0.05, 0) is 36.6 Å². The van der Waals surface area contributed by atoms with Gasteiger partial charge in [0.05, 0.1) is 12.0 Å². The highest BCUT2D eigenvalue weighted by Crippen LogP contribution is 2.46. The van der Waals surface area contributed by atoms with Crippen LogP contribution in [0.3, 0.4) is 0 Å². The van der Waals surface area contributed by atoms with E-state index in [9.17, 15) is 0 Å². The van der Waals surface area contributed by atoms with Crippen molar-refractivity contribution in [3.8, 4) is 23.0 Å². The first-order valence-corrected chi connectivity index (χ1v) is 9.43. The third kappa shape index (κ3) is 2.59. The Morgan fingerprint density at radius 2 is 1.59 bits per heavy atom. The summed E-state index contributed by atoms with van der Waals surface area (Å²) in [6.07, 6.45) is 4.06. The van der Waals surface area contributed by atoms with Crippen LogP contribution in [0.2, 0.25) is 0 Å². The number of aliphatic imine (C=N–C) groups is 1. The van der Waals surface area contributed by atoms with E-state index in [-0.39, 0.29) is 19.6 Å². The molecule has 6 nitrogen and oxygen atoms in total. The van der Waals surface area contributed by atoms with Crippen LogP contribution in [0.5, 0.6) is 23.0 Å². The van der Waals surface area contributed by atoms with Crippen molar-refractivity contribution in [2.45, 2.75) is 38.8 Å². The monoisotopic (exact) mass is 366 g/mol. The fourth-order valence-electron chi connectivity index (χ4n) is 3.99. The maximum atomic E-state index is 5.63. The number of ether oxygens (including phenoxy) is 4. The standard InChI is InChI=1S/C21H22N2O4/c1-3-14(4-2)23-10-22-21(13-5-6-17-18(7-13)25-11-24-17)15-8-19-20(9-16(15)23)27-12-26-19/h5-10,14,21H,3-4,11-12H2,1-2H3. The summed E-state index contributed by atoms with van der Waals surface area (Å²) in [6, 6.07) is 10.5. The Morgan fingerprint density at radius 1 is 0.926 bits per heavy atom. The van der Waals surface area contributed by atoms with Crippen molar-refractivity contribution in [3.63, 3.8) is 0 Å². The van der Waals surface area contributed by atoms with Crippen molar-refractivity contribution in [3.05, 3.63) is 41.5 Å². The molecule has 0 bridgehead atoms. The van der Waals surface area contributed by atoms with E-state index in [1.165, 1.54) is 0 Å². The minimum absolute atomic E-state index is 0.116. The quantitative estimate of drug-likeness (QED) is 0.809. The number of anilines is 1. The molecule has 1 unspecified atom stereocenters. The highest BCUT2D eigenvalue weighted by Gasteiger charge is 2.31. The van der Waals surface area contributed by atoms with Gasteiger partial charge in [0.2, 0.25) is 13.6 Å². The normalized spacial score (nSPS) is 18.9. The molecular formula is C21H22N2O4. The van der Waals surface area contributed by atoms with Gasteiger partial charge in [0.25, 0.3) is 0 Å². The molecule has 3 aliphatic heterocycles. The average Bonchev–Trinajstić information content (AvgIpc) is 3.35. The first kappa shape index (κ1) is 16.3. The topological polar surface area (TPSA) is 52.5 Å². The lowest BCUT2D eigenvalue weighted by Crippen LogP contribution is -2.36. The lowest BCUT2D eigenvalue weighted by atomic mass is 9.94. The Balaban J connectivity index is 1.62. The van der Waals surface area contributed by atoms with Crippen LogP contribution < -0.4 is 23.8 Å². The van der Waals surface area contributed by atoms with Crippen molar-refractivity contribution in [1.82, 2.24) is 0 Å². The molecule has 0 spiro atoms. The lowest BCUT2D eigenvalue weighted by Gasteiger charge is -2.35.